The van der Waals surface area contributed by atoms with Gasteiger partial charge in [-0.15, -0.1) is 0 Å². The van der Waals surface area contributed by atoms with Gasteiger partial charge in [0.2, 0.25) is 33.6 Å². The van der Waals surface area contributed by atoms with Crippen molar-refractivity contribution in [2.75, 3.05) is 38.7 Å². The Balaban J connectivity index is 0.00000125. The van der Waals surface area contributed by atoms with Gasteiger partial charge in [-0.3, -0.25) is 19.1 Å². The van der Waals surface area contributed by atoms with Crippen LogP contribution in [0.3, 0.4) is 0 Å². The number of fused-ring (bicyclic) bond motifs is 3. The molecule has 0 bridgehead atoms. The molecular formula is C44H74F2N6O9S. The molecule has 1 saturated heterocycles. The molecule has 15 nitrogen and oxygen atoms in total. The maximum atomic E-state index is 13.4. The summed E-state index contributed by atoms with van der Waals surface area (Å²) in [6.45, 7) is 14.5. The van der Waals surface area contributed by atoms with Gasteiger partial charge in [0, 0.05) is 61.5 Å². The minimum Gasteiger partial charge on any atom is -0.489 e. The van der Waals surface area contributed by atoms with Crippen LogP contribution in [0, 0.1) is 11.8 Å². The summed E-state index contributed by atoms with van der Waals surface area (Å²) < 4.78 is 66.2. The second-order valence-electron chi connectivity index (χ2n) is 17.2. The topological polar surface area (TPSA) is 200 Å². The van der Waals surface area contributed by atoms with Crippen molar-refractivity contribution < 1.29 is 54.9 Å². The predicted molar refractivity (Wildman–Crippen MR) is 242 cm³/mol. The zero-order valence-electron chi connectivity index (χ0n) is 38.0. The third kappa shape index (κ3) is 13.9. The highest BCUT2D eigenvalue weighted by molar-refractivity contribution is 7.91. The van der Waals surface area contributed by atoms with E-state index < -0.39 is 50.2 Å². The standard InChI is InChI=1S/C30H42N4O4.C7H13F2NO2.C7H13NO3S.3H2/c1-5-7-8-9-20(3)16-21(6-2)17-27(35)34-19-22(18-26(34)29(31)36)38-30-24-10-11-25-28(23(24)12-13-32-30)37-15-14-33(25)4;1-6(2,7(3,8)9)12-5(11)10-4;1-3-6(9)8-12(10,11)7(2)4-5-7;;;/h5,7,10-13,20-22,26H,6,8-9,14-19H2,1-4H3,(H2,31,36);1-4H3,(H,10,11);3-5H2,1-2H3,(H,8,9);3*1H/b7-5-;;;;;/t20-,21-,22-,26+;;;;;/m1...../s1. The number of aromatic nitrogens is 1. The van der Waals surface area contributed by atoms with Gasteiger partial charge in [0.1, 0.15) is 18.8 Å². The number of hydrogen-bond donors (Lipinski definition) is 3. The number of ether oxygens (including phenoxy) is 3. The molecule has 0 radical (unpaired) electrons. The molecule has 1 saturated carbocycles. The summed E-state index contributed by atoms with van der Waals surface area (Å²) in [5.74, 6) is -1.88. The lowest BCUT2D eigenvalue weighted by atomic mass is 9.88. The quantitative estimate of drug-likeness (QED) is 0.140. The fourth-order valence-electron chi connectivity index (χ4n) is 6.88. The number of alkyl carbamates (subject to hydrolysis) is 1. The fraction of sp³-hybridized carbons (Fsp3) is 0.659. The first-order valence-corrected chi connectivity index (χ1v) is 22.9. The molecule has 62 heavy (non-hydrogen) atoms. The molecule has 5 rings (SSSR count). The molecule has 2 aromatic rings. The number of carbonyl (C=O) groups excluding carboxylic acids is 4. The van der Waals surface area contributed by atoms with Crippen molar-refractivity contribution in [3.05, 3.63) is 36.5 Å². The monoisotopic (exact) mass is 901 g/mol. The summed E-state index contributed by atoms with van der Waals surface area (Å²) in [5, 5.41) is 3.88. The largest absolute Gasteiger partial charge is 0.489 e. The number of amides is 4. The molecule has 2 fully saturated rings. The lowest BCUT2D eigenvalue weighted by molar-refractivity contribution is -0.149. The molecule has 4 atom stereocenters. The summed E-state index contributed by atoms with van der Waals surface area (Å²) >= 11 is 0. The van der Waals surface area contributed by atoms with Gasteiger partial charge < -0.3 is 35.1 Å². The number of anilines is 1. The van der Waals surface area contributed by atoms with Gasteiger partial charge in [-0.2, -0.15) is 0 Å². The number of benzene rings is 1. The van der Waals surface area contributed by atoms with Crippen LogP contribution < -0.4 is 30.1 Å². The Labute approximate surface area is 370 Å². The number of hydrogen-bond acceptors (Lipinski definition) is 11. The number of likely N-dealkylation sites (tertiary alicyclic amines) is 1. The van der Waals surface area contributed by atoms with Gasteiger partial charge in [0.25, 0.3) is 5.92 Å². The van der Waals surface area contributed by atoms with Crippen molar-refractivity contribution in [3.8, 4) is 11.6 Å². The molecule has 1 aromatic heterocycles. The SMILES string of the molecule is C/C=C\CC[C@@H](C)C[C@@H](CC)CC(=O)N1C[C@H](Oc2nccc3c4c(ccc23)N(C)CCO4)C[C@H]1C(N)=O.CCC(=O)NS(=O)(=O)C1(C)CC1.CNC(=O)OC(C)(C)C(C)(F)F.[HH].[HH].[HH]. The number of sulfonamides is 1. The molecule has 4 amide bonds. The normalized spacial score (nSPS) is 19.1. The van der Waals surface area contributed by atoms with Crippen molar-refractivity contribution >= 4 is 50.3 Å². The highest BCUT2D eigenvalue weighted by atomic mass is 32.2. The molecule has 1 aromatic carbocycles. The van der Waals surface area contributed by atoms with E-state index in [2.05, 4.69) is 45.9 Å². The Hall–Kier alpha value is -4.74. The molecule has 354 valence electrons. The summed E-state index contributed by atoms with van der Waals surface area (Å²) in [6, 6.07) is 5.28. The number of alkyl halides is 2. The minimum atomic E-state index is -3.40. The van der Waals surface area contributed by atoms with Crippen molar-refractivity contribution in [3.63, 3.8) is 0 Å². The first-order chi connectivity index (χ1) is 28.9. The zero-order chi connectivity index (χ0) is 46.6. The van der Waals surface area contributed by atoms with Crippen LogP contribution in [0.5, 0.6) is 11.6 Å². The molecular weight excluding hydrogens is 827 g/mol. The van der Waals surface area contributed by atoms with E-state index in [1.165, 1.54) is 7.05 Å². The smallest absolute Gasteiger partial charge is 0.407 e. The number of primary amides is 1. The summed E-state index contributed by atoms with van der Waals surface area (Å²) in [5.41, 5.74) is 4.99. The average Bonchev–Trinajstić information content (AvgIpc) is 3.83. The first kappa shape index (κ1) is 51.6. The zero-order valence-corrected chi connectivity index (χ0v) is 38.8. The van der Waals surface area contributed by atoms with E-state index in [1.807, 2.05) is 36.9 Å². The van der Waals surface area contributed by atoms with Crippen molar-refractivity contribution in [1.82, 2.24) is 19.9 Å². The van der Waals surface area contributed by atoms with Crippen molar-refractivity contribution in [2.24, 2.45) is 17.6 Å². The van der Waals surface area contributed by atoms with E-state index >= 15 is 0 Å². The molecule has 3 heterocycles. The van der Waals surface area contributed by atoms with E-state index in [-0.39, 0.29) is 28.6 Å². The van der Waals surface area contributed by atoms with Gasteiger partial charge in [0.15, 0.2) is 11.4 Å². The number of halogens is 2. The van der Waals surface area contributed by atoms with Crippen LogP contribution in [0.1, 0.15) is 117 Å². The summed E-state index contributed by atoms with van der Waals surface area (Å²) in [7, 11) is -0.0367. The van der Waals surface area contributed by atoms with Crippen LogP contribution in [0.25, 0.3) is 10.8 Å². The van der Waals surface area contributed by atoms with Gasteiger partial charge in [-0.1, -0.05) is 39.3 Å². The number of nitrogens with two attached hydrogens (primary N) is 1. The van der Waals surface area contributed by atoms with Crippen LogP contribution in [0.15, 0.2) is 36.5 Å². The van der Waals surface area contributed by atoms with Crippen LogP contribution >= 0.6 is 0 Å². The molecule has 2 aliphatic heterocycles. The lowest BCUT2D eigenvalue weighted by Gasteiger charge is -2.30. The number of pyridine rings is 1. The highest BCUT2D eigenvalue weighted by Gasteiger charge is 2.50. The van der Waals surface area contributed by atoms with Crippen LogP contribution in [0.4, 0.5) is 19.3 Å². The number of carbonyl (C=O) groups is 4. The van der Waals surface area contributed by atoms with Gasteiger partial charge in [0.05, 0.1) is 23.5 Å². The molecule has 3 aliphatic rings. The maximum absolute atomic E-state index is 13.4. The maximum Gasteiger partial charge on any atom is 0.407 e. The molecule has 18 heteroatoms. The molecule has 0 unspecified atom stereocenters. The Morgan fingerprint density at radius 1 is 1.15 bits per heavy atom. The number of allylic oxidation sites excluding steroid dienone is 2. The fourth-order valence-corrected chi connectivity index (χ4v) is 8.21. The van der Waals surface area contributed by atoms with E-state index in [4.69, 9.17) is 15.2 Å². The lowest BCUT2D eigenvalue weighted by Crippen LogP contribution is -2.46. The first-order valence-electron chi connectivity index (χ1n) is 21.4. The Morgan fingerprint density at radius 2 is 1.82 bits per heavy atom. The molecule has 0 spiro atoms. The molecule has 1 aliphatic carbocycles. The van der Waals surface area contributed by atoms with E-state index in [1.54, 1.807) is 24.9 Å². The van der Waals surface area contributed by atoms with E-state index in [0.29, 0.717) is 57.6 Å². The number of rotatable bonds is 16. The Bertz CT molecular complexity index is 2020. The third-order valence-corrected chi connectivity index (χ3v) is 13.9. The Kier molecular flexibility index (Phi) is 18.4. The summed E-state index contributed by atoms with van der Waals surface area (Å²) in [4.78, 5) is 55.4. The predicted octanol–water partition coefficient (Wildman–Crippen LogP) is 7.60. The van der Waals surface area contributed by atoms with Crippen LogP contribution in [-0.4, -0.2) is 104 Å². The molecule has 4 N–H and O–H groups in total. The van der Waals surface area contributed by atoms with Crippen molar-refractivity contribution in [2.45, 2.75) is 142 Å². The number of nitrogens with zero attached hydrogens (tertiary/aromatic N) is 3. The van der Waals surface area contributed by atoms with E-state index in [0.717, 1.165) is 68.3 Å². The average molecular weight is 901 g/mol. The number of likely N-dealkylation sites (N-methyl/N-ethyl adjacent to an activating group) is 1. The van der Waals surface area contributed by atoms with Gasteiger partial charge in [-0.25, -0.2) is 27.0 Å². The summed E-state index contributed by atoms with van der Waals surface area (Å²) in [6.07, 6.45) is 11.1. The third-order valence-electron chi connectivity index (χ3n) is 11.7. The van der Waals surface area contributed by atoms with Crippen LogP contribution in [0.2, 0.25) is 0 Å². The highest BCUT2D eigenvalue weighted by Crippen LogP contribution is 2.42. The van der Waals surface area contributed by atoms with Crippen molar-refractivity contribution in [1.29, 1.82) is 0 Å². The van der Waals surface area contributed by atoms with Gasteiger partial charge >= 0.3 is 6.09 Å². The minimum absolute atomic E-state index is 0. The van der Waals surface area contributed by atoms with Gasteiger partial charge in [-0.05, 0) is 89.8 Å². The van der Waals surface area contributed by atoms with Crippen LogP contribution in [-0.2, 0) is 29.1 Å². The van der Waals surface area contributed by atoms with E-state index in [9.17, 15) is 36.4 Å². The number of nitrogens with one attached hydrogen (secondary N) is 2. The Morgan fingerprint density at radius 3 is 2.39 bits per heavy atom. The second kappa shape index (κ2) is 22.1. The second-order valence-corrected chi connectivity index (χ2v) is 19.4.